The molecule has 0 radical (unpaired) electrons. The average Bonchev–Trinajstić information content (AvgIpc) is 2.47. The van der Waals surface area contributed by atoms with Crippen LogP contribution in [0.4, 0.5) is 10.1 Å². The molecule has 1 amide bonds. The van der Waals surface area contributed by atoms with Gasteiger partial charge in [0.05, 0.1) is 10.9 Å². The van der Waals surface area contributed by atoms with E-state index in [-0.39, 0.29) is 16.8 Å². The van der Waals surface area contributed by atoms with Crippen molar-refractivity contribution in [1.82, 2.24) is 0 Å². The lowest BCUT2D eigenvalue weighted by Gasteiger charge is -2.12. The van der Waals surface area contributed by atoms with E-state index in [0.717, 1.165) is 15.8 Å². The number of anilines is 1. The second kappa shape index (κ2) is 7.61. The maximum Gasteiger partial charge on any atom is 0.237 e. The van der Waals surface area contributed by atoms with Crippen molar-refractivity contribution >= 4 is 39.3 Å². The fourth-order valence-electron chi connectivity index (χ4n) is 1.72. The molecule has 0 saturated heterocycles. The summed E-state index contributed by atoms with van der Waals surface area (Å²) in [5, 5.41) is 2.35. The summed E-state index contributed by atoms with van der Waals surface area (Å²) in [6.45, 7) is 1.82. The summed E-state index contributed by atoms with van der Waals surface area (Å²) in [4.78, 5) is 12.0. The summed E-state index contributed by atoms with van der Waals surface area (Å²) in [5.41, 5.74) is 1.36. The maximum absolute atomic E-state index is 13.5. The van der Waals surface area contributed by atoms with Crippen molar-refractivity contribution in [2.24, 2.45) is 0 Å². The number of amides is 1. The van der Waals surface area contributed by atoms with E-state index in [2.05, 4.69) is 21.2 Å². The van der Waals surface area contributed by atoms with E-state index >= 15 is 0 Å². The van der Waals surface area contributed by atoms with Crippen LogP contribution in [0.25, 0.3) is 0 Å². The summed E-state index contributed by atoms with van der Waals surface area (Å²) in [6, 6.07) is 14.1. The van der Waals surface area contributed by atoms with Gasteiger partial charge in [0.1, 0.15) is 5.82 Å². The van der Waals surface area contributed by atoms with Gasteiger partial charge in [0.2, 0.25) is 5.91 Å². The Balaban J connectivity index is 1.90. The van der Waals surface area contributed by atoms with Gasteiger partial charge in [-0.15, -0.1) is 11.8 Å². The molecule has 2 aromatic carbocycles. The van der Waals surface area contributed by atoms with Crippen LogP contribution in [-0.2, 0) is 10.5 Å². The number of rotatable bonds is 5. The Labute approximate surface area is 136 Å². The first kappa shape index (κ1) is 16.0. The van der Waals surface area contributed by atoms with Crippen LogP contribution in [0.3, 0.4) is 0 Å². The molecule has 0 heterocycles. The number of carbonyl (C=O) groups excluding carboxylic acids is 1. The van der Waals surface area contributed by atoms with Gasteiger partial charge in [-0.25, -0.2) is 4.39 Å². The molecule has 2 aromatic rings. The highest BCUT2D eigenvalue weighted by Gasteiger charge is 2.15. The van der Waals surface area contributed by atoms with Crippen LogP contribution < -0.4 is 5.32 Å². The zero-order valence-electron chi connectivity index (χ0n) is 11.5. The largest absolute Gasteiger partial charge is 0.323 e. The van der Waals surface area contributed by atoms with Crippen LogP contribution in [-0.4, -0.2) is 11.2 Å². The van der Waals surface area contributed by atoms with Gasteiger partial charge in [0, 0.05) is 10.2 Å². The van der Waals surface area contributed by atoms with Gasteiger partial charge in [0.25, 0.3) is 0 Å². The van der Waals surface area contributed by atoms with E-state index in [4.69, 9.17) is 0 Å². The number of thioether (sulfide) groups is 1. The predicted molar refractivity (Wildman–Crippen MR) is 89.9 cm³/mol. The van der Waals surface area contributed by atoms with Crippen molar-refractivity contribution in [3.8, 4) is 0 Å². The van der Waals surface area contributed by atoms with E-state index in [9.17, 15) is 9.18 Å². The quantitative estimate of drug-likeness (QED) is 0.818. The van der Waals surface area contributed by atoms with E-state index < -0.39 is 5.82 Å². The fraction of sp³-hybridized carbons (Fsp3) is 0.188. The lowest BCUT2D eigenvalue weighted by Crippen LogP contribution is -2.23. The number of carbonyl (C=O) groups is 1. The molecular formula is C16H15BrFNOS. The number of halogens is 2. The first-order valence-corrected chi connectivity index (χ1v) is 8.32. The van der Waals surface area contributed by atoms with Crippen LogP contribution in [0.5, 0.6) is 0 Å². The Morgan fingerprint density at radius 2 is 2.05 bits per heavy atom. The van der Waals surface area contributed by atoms with Crippen molar-refractivity contribution in [3.05, 3.63) is 64.4 Å². The van der Waals surface area contributed by atoms with Gasteiger partial charge in [-0.2, -0.15) is 0 Å². The Bertz CT molecular complexity index is 635. The van der Waals surface area contributed by atoms with E-state index in [0.29, 0.717) is 0 Å². The van der Waals surface area contributed by atoms with Gasteiger partial charge in [0.15, 0.2) is 0 Å². The molecule has 0 aromatic heterocycles. The second-order valence-corrected chi connectivity index (χ2v) is 6.80. The van der Waals surface area contributed by atoms with Crippen molar-refractivity contribution in [1.29, 1.82) is 0 Å². The topological polar surface area (TPSA) is 29.1 Å². The molecule has 110 valence electrons. The van der Waals surface area contributed by atoms with Crippen molar-refractivity contribution in [2.75, 3.05) is 5.32 Å². The molecule has 0 unspecified atom stereocenters. The Morgan fingerprint density at radius 1 is 1.29 bits per heavy atom. The summed E-state index contributed by atoms with van der Waals surface area (Å²) in [6.07, 6.45) is 0. The van der Waals surface area contributed by atoms with Gasteiger partial charge >= 0.3 is 0 Å². The van der Waals surface area contributed by atoms with Gasteiger partial charge < -0.3 is 5.32 Å². The fourth-order valence-corrected chi connectivity index (χ4v) is 3.00. The third-order valence-electron chi connectivity index (χ3n) is 2.89. The molecule has 2 nitrogen and oxygen atoms in total. The predicted octanol–water partition coefficient (Wildman–Crippen LogP) is 4.85. The zero-order valence-corrected chi connectivity index (χ0v) is 13.9. The Morgan fingerprint density at radius 3 is 2.76 bits per heavy atom. The van der Waals surface area contributed by atoms with E-state index in [1.807, 2.05) is 31.2 Å². The summed E-state index contributed by atoms with van der Waals surface area (Å²) >= 11 is 4.94. The summed E-state index contributed by atoms with van der Waals surface area (Å²) in [5.74, 6) is 0.112. The molecule has 1 N–H and O–H groups in total. The monoisotopic (exact) mass is 367 g/mol. The molecule has 0 saturated carbocycles. The van der Waals surface area contributed by atoms with Crippen molar-refractivity contribution in [2.45, 2.75) is 17.9 Å². The van der Waals surface area contributed by atoms with Gasteiger partial charge in [-0.3, -0.25) is 4.79 Å². The number of hydrogen-bond donors (Lipinski definition) is 1. The molecule has 0 aliphatic rings. The van der Waals surface area contributed by atoms with Crippen molar-refractivity contribution in [3.63, 3.8) is 0 Å². The lowest BCUT2D eigenvalue weighted by atomic mass is 10.2. The highest BCUT2D eigenvalue weighted by Crippen LogP contribution is 2.22. The third kappa shape index (κ3) is 4.86. The first-order chi connectivity index (χ1) is 10.1. The summed E-state index contributed by atoms with van der Waals surface area (Å²) < 4.78 is 14.5. The van der Waals surface area contributed by atoms with E-state index in [1.165, 1.54) is 17.8 Å². The molecule has 0 spiro atoms. The molecule has 0 aliphatic carbocycles. The number of hydrogen-bond acceptors (Lipinski definition) is 2. The van der Waals surface area contributed by atoms with Crippen molar-refractivity contribution < 1.29 is 9.18 Å². The van der Waals surface area contributed by atoms with Crippen LogP contribution >= 0.6 is 27.7 Å². The number of benzene rings is 2. The normalized spacial score (nSPS) is 12.0. The minimum atomic E-state index is -0.421. The second-order valence-electron chi connectivity index (χ2n) is 4.55. The molecular weight excluding hydrogens is 353 g/mol. The van der Waals surface area contributed by atoms with Crippen LogP contribution in [0.15, 0.2) is 53.0 Å². The smallest absolute Gasteiger partial charge is 0.237 e. The third-order valence-corrected chi connectivity index (χ3v) is 4.60. The van der Waals surface area contributed by atoms with Crippen LogP contribution in [0, 0.1) is 5.82 Å². The molecule has 5 heteroatoms. The number of para-hydroxylation sites is 1. The molecule has 0 aliphatic heterocycles. The lowest BCUT2D eigenvalue weighted by molar-refractivity contribution is -0.115. The van der Waals surface area contributed by atoms with Gasteiger partial charge in [-0.1, -0.05) is 40.2 Å². The Hall–Kier alpha value is -1.33. The standard InChI is InChI=1S/C16H15BrFNOS/c1-11(21-10-12-5-4-6-13(17)9-12)16(20)19-15-8-3-2-7-14(15)18/h2-9,11H,10H2,1H3,(H,19,20)/t11-/m1/s1. The number of nitrogens with one attached hydrogen (secondary N) is 1. The zero-order chi connectivity index (χ0) is 15.2. The molecule has 1 atom stereocenters. The average molecular weight is 368 g/mol. The Kier molecular flexibility index (Phi) is 5.82. The van der Waals surface area contributed by atoms with Crippen LogP contribution in [0.1, 0.15) is 12.5 Å². The SMILES string of the molecule is C[C@@H](SCc1cccc(Br)c1)C(=O)Nc1ccccc1F. The van der Waals surface area contributed by atoms with Crippen LogP contribution in [0.2, 0.25) is 0 Å². The minimum Gasteiger partial charge on any atom is -0.323 e. The molecule has 2 rings (SSSR count). The van der Waals surface area contributed by atoms with E-state index in [1.54, 1.807) is 18.2 Å². The summed E-state index contributed by atoms with van der Waals surface area (Å²) in [7, 11) is 0. The molecule has 0 bridgehead atoms. The molecule has 0 fully saturated rings. The first-order valence-electron chi connectivity index (χ1n) is 6.47. The highest BCUT2D eigenvalue weighted by atomic mass is 79.9. The minimum absolute atomic E-state index is 0.194. The van der Waals surface area contributed by atoms with Gasteiger partial charge in [-0.05, 0) is 36.8 Å². The maximum atomic E-state index is 13.5. The highest BCUT2D eigenvalue weighted by molar-refractivity contribution is 9.10. The molecule has 21 heavy (non-hydrogen) atoms.